The normalized spacial score (nSPS) is 10.4. The predicted molar refractivity (Wildman–Crippen MR) is 115 cm³/mol. The highest BCUT2D eigenvalue weighted by atomic mass is 32.2. The number of hydrogen-bond donors (Lipinski definition) is 1. The number of nitro benzene ring substituents is 1. The van der Waals surface area contributed by atoms with Crippen molar-refractivity contribution in [1.29, 1.82) is 0 Å². The molecule has 0 saturated heterocycles. The quantitative estimate of drug-likeness (QED) is 0.318. The third-order valence-corrected chi connectivity index (χ3v) is 5.18. The van der Waals surface area contributed by atoms with Crippen LogP contribution in [0.25, 0.3) is 11.3 Å². The molecule has 3 rings (SSSR count). The van der Waals surface area contributed by atoms with Gasteiger partial charge in [-0.2, -0.15) is 0 Å². The average Bonchev–Trinajstić information content (AvgIpc) is 2.78. The molecule has 8 nitrogen and oxygen atoms in total. The third-order valence-electron chi connectivity index (χ3n) is 4.26. The molecule has 0 saturated carbocycles. The first-order valence-corrected chi connectivity index (χ1v) is 10.1. The van der Waals surface area contributed by atoms with Crippen LogP contribution >= 0.6 is 11.8 Å². The molecule has 0 unspecified atom stereocenters. The lowest BCUT2D eigenvalue weighted by Gasteiger charge is -2.06. The van der Waals surface area contributed by atoms with E-state index in [1.54, 1.807) is 31.4 Å². The van der Waals surface area contributed by atoms with Crippen LogP contribution in [0.2, 0.25) is 0 Å². The summed E-state index contributed by atoms with van der Waals surface area (Å²) in [5.74, 6) is 0.975. The number of nitro groups is 1. The zero-order chi connectivity index (χ0) is 21.3. The first-order valence-electron chi connectivity index (χ1n) is 9.16. The molecule has 0 aliphatic rings. The lowest BCUT2D eigenvalue weighted by Crippen LogP contribution is -2.27. The Morgan fingerprint density at radius 2 is 1.80 bits per heavy atom. The molecule has 1 N–H and O–H groups in total. The Kier molecular flexibility index (Phi) is 7.34. The number of rotatable bonds is 9. The molecule has 1 amide bonds. The summed E-state index contributed by atoms with van der Waals surface area (Å²) in [4.78, 5) is 22.3. The van der Waals surface area contributed by atoms with E-state index in [9.17, 15) is 14.9 Å². The monoisotopic (exact) mass is 424 g/mol. The van der Waals surface area contributed by atoms with Crippen molar-refractivity contribution in [2.45, 2.75) is 11.4 Å². The van der Waals surface area contributed by atoms with Gasteiger partial charge in [0.2, 0.25) is 5.91 Å². The van der Waals surface area contributed by atoms with Gasteiger partial charge in [-0.1, -0.05) is 23.9 Å². The second kappa shape index (κ2) is 10.4. The SMILES string of the molecule is COc1ccc(CCNC(=O)CSc2ccc(-c3ccc([N+](=O)[O-])cc3)nn2)cc1. The van der Waals surface area contributed by atoms with E-state index in [0.29, 0.717) is 17.3 Å². The molecule has 1 heterocycles. The number of amides is 1. The van der Waals surface area contributed by atoms with Gasteiger partial charge in [0.05, 0.1) is 23.5 Å². The zero-order valence-electron chi connectivity index (χ0n) is 16.3. The molecule has 3 aromatic rings. The first-order chi connectivity index (χ1) is 14.5. The van der Waals surface area contributed by atoms with Crippen LogP contribution in [0.3, 0.4) is 0 Å². The lowest BCUT2D eigenvalue weighted by molar-refractivity contribution is -0.384. The Balaban J connectivity index is 1.43. The molecule has 0 radical (unpaired) electrons. The van der Waals surface area contributed by atoms with Gasteiger partial charge in [-0.05, 0) is 48.4 Å². The fourth-order valence-electron chi connectivity index (χ4n) is 2.63. The molecule has 0 atom stereocenters. The van der Waals surface area contributed by atoms with Gasteiger partial charge in [-0.3, -0.25) is 14.9 Å². The van der Waals surface area contributed by atoms with Crippen LogP contribution in [-0.2, 0) is 11.2 Å². The number of aromatic nitrogens is 2. The van der Waals surface area contributed by atoms with Crippen molar-refractivity contribution in [2.24, 2.45) is 0 Å². The number of nitrogens with zero attached hydrogens (tertiary/aromatic N) is 3. The fourth-order valence-corrected chi connectivity index (χ4v) is 3.28. The fraction of sp³-hybridized carbons (Fsp3) is 0.190. The largest absolute Gasteiger partial charge is 0.497 e. The number of non-ortho nitro benzene ring substituents is 1. The lowest BCUT2D eigenvalue weighted by atomic mass is 10.1. The summed E-state index contributed by atoms with van der Waals surface area (Å²) in [5, 5.41) is 22.5. The molecule has 9 heteroatoms. The Hall–Kier alpha value is -3.46. The summed E-state index contributed by atoms with van der Waals surface area (Å²) in [6.45, 7) is 0.552. The van der Waals surface area contributed by atoms with E-state index in [2.05, 4.69) is 15.5 Å². The smallest absolute Gasteiger partial charge is 0.269 e. The number of hydrogen-bond acceptors (Lipinski definition) is 7. The standard InChI is InChI=1S/C21H20N4O4S/c1-29-18-8-2-15(3-9-18)12-13-22-20(26)14-30-21-11-10-19(23-24-21)16-4-6-17(7-5-16)25(27)28/h2-11H,12-14H2,1H3,(H,22,26). The van der Waals surface area contributed by atoms with Crippen molar-refractivity contribution in [3.05, 3.63) is 76.3 Å². The van der Waals surface area contributed by atoms with Crippen molar-refractivity contribution in [3.8, 4) is 17.0 Å². The topological polar surface area (TPSA) is 107 Å². The van der Waals surface area contributed by atoms with Crippen LogP contribution in [-0.4, -0.2) is 40.4 Å². The molecule has 154 valence electrons. The van der Waals surface area contributed by atoms with Crippen LogP contribution in [0.15, 0.2) is 65.7 Å². The number of methoxy groups -OCH3 is 1. The maximum absolute atomic E-state index is 12.0. The van der Waals surface area contributed by atoms with Gasteiger partial charge in [0, 0.05) is 24.2 Å². The van der Waals surface area contributed by atoms with E-state index in [1.807, 2.05) is 24.3 Å². The molecule has 2 aromatic carbocycles. The van der Waals surface area contributed by atoms with Crippen LogP contribution in [0.4, 0.5) is 5.69 Å². The second-order valence-electron chi connectivity index (χ2n) is 6.30. The van der Waals surface area contributed by atoms with Gasteiger partial charge in [0.1, 0.15) is 10.8 Å². The number of thioether (sulfide) groups is 1. The van der Waals surface area contributed by atoms with Crippen LogP contribution in [0.1, 0.15) is 5.56 Å². The maximum atomic E-state index is 12.0. The number of nitrogens with one attached hydrogen (secondary N) is 1. The molecule has 0 spiro atoms. The van der Waals surface area contributed by atoms with Crippen LogP contribution < -0.4 is 10.1 Å². The van der Waals surface area contributed by atoms with Gasteiger partial charge >= 0.3 is 0 Å². The van der Waals surface area contributed by atoms with Crippen molar-refractivity contribution < 1.29 is 14.5 Å². The van der Waals surface area contributed by atoms with E-state index < -0.39 is 4.92 Å². The summed E-state index contributed by atoms with van der Waals surface area (Å²) >= 11 is 1.30. The van der Waals surface area contributed by atoms with Crippen molar-refractivity contribution >= 4 is 23.4 Å². The van der Waals surface area contributed by atoms with Gasteiger partial charge in [-0.15, -0.1) is 10.2 Å². The Morgan fingerprint density at radius 3 is 2.40 bits per heavy atom. The summed E-state index contributed by atoms with van der Waals surface area (Å²) < 4.78 is 5.12. The summed E-state index contributed by atoms with van der Waals surface area (Å²) in [7, 11) is 1.63. The Labute approximate surface area is 177 Å². The maximum Gasteiger partial charge on any atom is 0.269 e. The van der Waals surface area contributed by atoms with E-state index in [1.165, 1.54) is 23.9 Å². The van der Waals surface area contributed by atoms with E-state index in [0.717, 1.165) is 23.3 Å². The summed E-state index contributed by atoms with van der Waals surface area (Å²) in [6, 6.07) is 17.4. The molecule has 1 aromatic heterocycles. The summed E-state index contributed by atoms with van der Waals surface area (Å²) in [5.41, 5.74) is 2.49. The number of carbonyl (C=O) groups excluding carboxylic acids is 1. The minimum atomic E-state index is -0.447. The average molecular weight is 424 g/mol. The summed E-state index contributed by atoms with van der Waals surface area (Å²) in [6.07, 6.45) is 0.740. The van der Waals surface area contributed by atoms with Gasteiger partial charge < -0.3 is 10.1 Å². The molecule has 0 aliphatic heterocycles. The third kappa shape index (κ3) is 6.02. The van der Waals surface area contributed by atoms with E-state index in [4.69, 9.17) is 4.74 Å². The highest BCUT2D eigenvalue weighted by Crippen LogP contribution is 2.22. The predicted octanol–water partition coefficient (Wildman–Crippen LogP) is 3.51. The molecule has 0 bridgehead atoms. The molecule has 0 fully saturated rings. The van der Waals surface area contributed by atoms with Gasteiger partial charge in [0.25, 0.3) is 5.69 Å². The van der Waals surface area contributed by atoms with Crippen LogP contribution in [0, 0.1) is 10.1 Å². The van der Waals surface area contributed by atoms with Gasteiger partial charge in [0.15, 0.2) is 0 Å². The molecular formula is C21H20N4O4S. The number of benzene rings is 2. The van der Waals surface area contributed by atoms with E-state index in [-0.39, 0.29) is 17.3 Å². The van der Waals surface area contributed by atoms with Gasteiger partial charge in [-0.25, -0.2) is 0 Å². The minimum absolute atomic E-state index is 0.0249. The van der Waals surface area contributed by atoms with E-state index >= 15 is 0 Å². The highest BCUT2D eigenvalue weighted by Gasteiger charge is 2.08. The zero-order valence-corrected chi connectivity index (χ0v) is 17.1. The molecule has 30 heavy (non-hydrogen) atoms. The number of carbonyl (C=O) groups is 1. The van der Waals surface area contributed by atoms with Crippen molar-refractivity contribution in [3.63, 3.8) is 0 Å². The van der Waals surface area contributed by atoms with Crippen molar-refractivity contribution in [2.75, 3.05) is 19.4 Å². The van der Waals surface area contributed by atoms with Crippen molar-refractivity contribution in [1.82, 2.24) is 15.5 Å². The van der Waals surface area contributed by atoms with Crippen LogP contribution in [0.5, 0.6) is 5.75 Å². The second-order valence-corrected chi connectivity index (χ2v) is 7.29. The number of ether oxygens (including phenoxy) is 1. The molecule has 0 aliphatic carbocycles. The first kappa shape index (κ1) is 21.3. The Bertz CT molecular complexity index is 993. The Morgan fingerprint density at radius 1 is 1.07 bits per heavy atom. The minimum Gasteiger partial charge on any atom is -0.497 e. The molecular weight excluding hydrogens is 404 g/mol. The highest BCUT2D eigenvalue weighted by molar-refractivity contribution is 7.99.